The van der Waals surface area contributed by atoms with Crippen LogP contribution >= 0.6 is 0 Å². The first-order valence-electron chi connectivity index (χ1n) is 6.53. The SMILES string of the molecule is CC(=O)CCC(=O)NCc1cccc(NC(=O)CC#N)c1. The normalized spacial score (nSPS) is 9.52. The Bertz CT molecular complexity index is 576. The van der Waals surface area contributed by atoms with Gasteiger partial charge in [-0.25, -0.2) is 0 Å². The first-order chi connectivity index (χ1) is 10.0. The smallest absolute Gasteiger partial charge is 0.238 e. The number of ketones is 1. The van der Waals surface area contributed by atoms with Gasteiger partial charge in [-0.2, -0.15) is 5.26 Å². The van der Waals surface area contributed by atoms with Gasteiger partial charge in [0.2, 0.25) is 11.8 Å². The lowest BCUT2D eigenvalue weighted by molar-refractivity contribution is -0.124. The Balaban J connectivity index is 2.49. The van der Waals surface area contributed by atoms with Crippen molar-refractivity contribution in [1.29, 1.82) is 5.26 Å². The molecular formula is C15H17N3O3. The van der Waals surface area contributed by atoms with E-state index in [0.717, 1.165) is 5.56 Å². The summed E-state index contributed by atoms with van der Waals surface area (Å²) in [5, 5.41) is 13.7. The number of hydrogen-bond donors (Lipinski definition) is 2. The number of amides is 2. The molecule has 0 aromatic heterocycles. The molecule has 6 heteroatoms. The second-order valence-electron chi connectivity index (χ2n) is 4.56. The van der Waals surface area contributed by atoms with Crippen LogP contribution in [0.25, 0.3) is 0 Å². The highest BCUT2D eigenvalue weighted by molar-refractivity contribution is 5.92. The molecule has 21 heavy (non-hydrogen) atoms. The van der Waals surface area contributed by atoms with Crippen molar-refractivity contribution in [3.8, 4) is 6.07 Å². The predicted octanol–water partition coefficient (Wildman–Crippen LogP) is 1.52. The molecule has 2 amide bonds. The summed E-state index contributed by atoms with van der Waals surface area (Å²) < 4.78 is 0. The predicted molar refractivity (Wildman–Crippen MR) is 77.1 cm³/mol. The van der Waals surface area contributed by atoms with Crippen LogP contribution in [0.4, 0.5) is 5.69 Å². The maximum atomic E-state index is 11.5. The molecule has 0 atom stereocenters. The van der Waals surface area contributed by atoms with Crippen molar-refractivity contribution in [1.82, 2.24) is 5.32 Å². The molecule has 1 rings (SSSR count). The van der Waals surface area contributed by atoms with Crippen LogP contribution < -0.4 is 10.6 Å². The minimum Gasteiger partial charge on any atom is -0.352 e. The molecule has 0 saturated carbocycles. The minimum atomic E-state index is -0.375. The van der Waals surface area contributed by atoms with Crippen LogP contribution in [-0.4, -0.2) is 17.6 Å². The number of carbonyl (C=O) groups excluding carboxylic acids is 3. The summed E-state index contributed by atoms with van der Waals surface area (Å²) in [6, 6.07) is 8.76. The zero-order valence-corrected chi connectivity index (χ0v) is 11.8. The van der Waals surface area contributed by atoms with Crippen molar-refractivity contribution in [2.24, 2.45) is 0 Å². The Labute approximate surface area is 123 Å². The zero-order valence-electron chi connectivity index (χ0n) is 11.8. The van der Waals surface area contributed by atoms with Crippen LogP contribution in [0.2, 0.25) is 0 Å². The van der Waals surface area contributed by atoms with Crippen LogP contribution in [0.3, 0.4) is 0 Å². The Hall–Kier alpha value is -2.68. The minimum absolute atomic E-state index is 0.0210. The Morgan fingerprint density at radius 1 is 1.19 bits per heavy atom. The van der Waals surface area contributed by atoms with Crippen LogP contribution in [-0.2, 0) is 20.9 Å². The molecule has 0 aliphatic carbocycles. The molecule has 0 aliphatic rings. The summed E-state index contributed by atoms with van der Waals surface area (Å²) in [6.07, 6.45) is 0.204. The third kappa shape index (κ3) is 6.87. The molecule has 2 N–H and O–H groups in total. The molecule has 0 bridgehead atoms. The van der Waals surface area contributed by atoms with E-state index >= 15 is 0 Å². The summed E-state index contributed by atoms with van der Waals surface area (Å²) in [6.45, 7) is 1.76. The van der Waals surface area contributed by atoms with Gasteiger partial charge in [-0.3, -0.25) is 9.59 Å². The molecule has 0 saturated heterocycles. The van der Waals surface area contributed by atoms with Crippen molar-refractivity contribution >= 4 is 23.3 Å². The van der Waals surface area contributed by atoms with Crippen molar-refractivity contribution < 1.29 is 14.4 Å². The zero-order chi connectivity index (χ0) is 15.7. The Morgan fingerprint density at radius 2 is 1.95 bits per heavy atom. The topological polar surface area (TPSA) is 99.1 Å². The molecular weight excluding hydrogens is 270 g/mol. The third-order valence-corrected chi connectivity index (χ3v) is 2.64. The van der Waals surface area contributed by atoms with E-state index in [1.165, 1.54) is 6.92 Å². The molecule has 0 aliphatic heterocycles. The molecule has 110 valence electrons. The lowest BCUT2D eigenvalue weighted by Gasteiger charge is -2.07. The van der Waals surface area contributed by atoms with Gasteiger partial charge in [0, 0.05) is 25.1 Å². The largest absolute Gasteiger partial charge is 0.352 e. The van der Waals surface area contributed by atoms with Gasteiger partial charge in [-0.05, 0) is 24.6 Å². The number of anilines is 1. The maximum Gasteiger partial charge on any atom is 0.238 e. The second-order valence-corrected chi connectivity index (χ2v) is 4.56. The first-order valence-corrected chi connectivity index (χ1v) is 6.53. The number of nitrogens with zero attached hydrogens (tertiary/aromatic N) is 1. The van der Waals surface area contributed by atoms with Crippen molar-refractivity contribution in [3.63, 3.8) is 0 Å². The fourth-order valence-electron chi connectivity index (χ4n) is 1.61. The number of Topliss-reactive ketones (excluding diaryl/α,β-unsaturated/α-hetero) is 1. The van der Waals surface area contributed by atoms with Crippen LogP contribution in [0.15, 0.2) is 24.3 Å². The van der Waals surface area contributed by atoms with Crippen LogP contribution in [0.5, 0.6) is 0 Å². The molecule has 0 unspecified atom stereocenters. The van der Waals surface area contributed by atoms with E-state index < -0.39 is 0 Å². The fourth-order valence-corrected chi connectivity index (χ4v) is 1.61. The molecule has 0 radical (unpaired) electrons. The van der Waals surface area contributed by atoms with Crippen molar-refractivity contribution in [2.75, 3.05) is 5.32 Å². The van der Waals surface area contributed by atoms with E-state index in [9.17, 15) is 14.4 Å². The van der Waals surface area contributed by atoms with E-state index in [1.807, 2.05) is 6.07 Å². The lowest BCUT2D eigenvalue weighted by Crippen LogP contribution is -2.23. The van der Waals surface area contributed by atoms with Crippen LogP contribution in [0.1, 0.15) is 31.7 Å². The highest BCUT2D eigenvalue weighted by Gasteiger charge is 2.05. The van der Waals surface area contributed by atoms with Crippen molar-refractivity contribution in [2.45, 2.75) is 32.7 Å². The summed E-state index contributed by atoms with van der Waals surface area (Å²) in [4.78, 5) is 33.6. The second kappa shape index (κ2) is 8.48. The Morgan fingerprint density at radius 3 is 2.62 bits per heavy atom. The first kappa shape index (κ1) is 16.4. The van der Waals surface area contributed by atoms with Gasteiger partial charge in [0.15, 0.2) is 0 Å². The van der Waals surface area contributed by atoms with E-state index in [1.54, 1.807) is 24.3 Å². The highest BCUT2D eigenvalue weighted by Crippen LogP contribution is 2.11. The lowest BCUT2D eigenvalue weighted by atomic mass is 10.2. The molecule has 6 nitrogen and oxygen atoms in total. The van der Waals surface area contributed by atoms with Gasteiger partial charge in [0.1, 0.15) is 12.2 Å². The number of carbonyl (C=O) groups is 3. The number of nitriles is 1. The third-order valence-electron chi connectivity index (χ3n) is 2.64. The van der Waals surface area contributed by atoms with Gasteiger partial charge >= 0.3 is 0 Å². The highest BCUT2D eigenvalue weighted by atomic mass is 16.2. The summed E-state index contributed by atoms with van der Waals surface area (Å²) in [5.74, 6) is -0.586. The van der Waals surface area contributed by atoms with E-state index in [2.05, 4.69) is 10.6 Å². The van der Waals surface area contributed by atoms with Gasteiger partial charge < -0.3 is 15.4 Å². The quantitative estimate of drug-likeness (QED) is 0.794. The molecule has 1 aromatic carbocycles. The number of hydrogen-bond acceptors (Lipinski definition) is 4. The Kier molecular flexibility index (Phi) is 6.61. The van der Waals surface area contributed by atoms with Gasteiger partial charge in [0.25, 0.3) is 0 Å². The van der Waals surface area contributed by atoms with Gasteiger partial charge in [-0.1, -0.05) is 12.1 Å². The molecule has 0 spiro atoms. The summed E-state index contributed by atoms with van der Waals surface area (Å²) in [5.41, 5.74) is 1.40. The summed E-state index contributed by atoms with van der Waals surface area (Å²) in [7, 11) is 0. The number of benzene rings is 1. The van der Waals surface area contributed by atoms with E-state index in [0.29, 0.717) is 12.2 Å². The standard InChI is InChI=1S/C15H17N3O3/c1-11(19)5-6-14(20)17-10-12-3-2-4-13(9-12)18-15(21)7-8-16/h2-4,9H,5-7,10H2,1H3,(H,17,20)(H,18,21). The summed E-state index contributed by atoms with van der Waals surface area (Å²) >= 11 is 0. The van der Waals surface area contributed by atoms with Gasteiger partial charge in [-0.15, -0.1) is 0 Å². The number of nitrogens with one attached hydrogen (secondary N) is 2. The fraction of sp³-hybridized carbons (Fsp3) is 0.333. The average molecular weight is 287 g/mol. The van der Waals surface area contributed by atoms with Crippen molar-refractivity contribution in [3.05, 3.63) is 29.8 Å². The van der Waals surface area contributed by atoms with Gasteiger partial charge in [0.05, 0.1) is 6.07 Å². The molecule has 0 heterocycles. The number of rotatable bonds is 7. The molecule has 0 fully saturated rings. The van der Waals surface area contributed by atoms with E-state index in [4.69, 9.17) is 5.26 Å². The average Bonchev–Trinajstić information content (AvgIpc) is 2.43. The maximum absolute atomic E-state index is 11.5. The molecule has 1 aromatic rings. The van der Waals surface area contributed by atoms with E-state index in [-0.39, 0.29) is 36.9 Å². The van der Waals surface area contributed by atoms with Crippen LogP contribution in [0, 0.1) is 11.3 Å². The monoisotopic (exact) mass is 287 g/mol.